The lowest BCUT2D eigenvalue weighted by Gasteiger charge is -1.96. The minimum atomic E-state index is -0.124. The molecule has 2 aromatic heterocycles. The van der Waals surface area contributed by atoms with Gasteiger partial charge in [0, 0.05) is 7.05 Å². The molecule has 0 spiro atoms. The van der Waals surface area contributed by atoms with Crippen molar-refractivity contribution in [2.24, 2.45) is 7.05 Å². The van der Waals surface area contributed by atoms with Crippen molar-refractivity contribution in [2.75, 3.05) is 0 Å². The van der Waals surface area contributed by atoms with Crippen LogP contribution in [-0.2, 0) is 7.05 Å². The zero-order valence-electron chi connectivity index (χ0n) is 6.85. The number of hydrogen-bond donors (Lipinski definition) is 0. The van der Waals surface area contributed by atoms with Gasteiger partial charge in [-0.05, 0) is 6.92 Å². The van der Waals surface area contributed by atoms with Gasteiger partial charge in [-0.2, -0.15) is 0 Å². The first-order chi connectivity index (χ1) is 5.70. The van der Waals surface area contributed by atoms with Gasteiger partial charge in [0.15, 0.2) is 5.65 Å². The molecule has 12 heavy (non-hydrogen) atoms. The number of fused-ring (bicyclic) bond motifs is 1. The highest BCUT2D eigenvalue weighted by Crippen LogP contribution is 1.99. The van der Waals surface area contributed by atoms with Crippen molar-refractivity contribution in [1.82, 2.24) is 18.9 Å². The molecule has 0 aromatic carbocycles. The number of hydrogen-bond acceptors (Lipinski definition) is 3. The number of rotatable bonds is 0. The number of imidazole rings is 1. The lowest BCUT2D eigenvalue weighted by atomic mass is 10.5. The van der Waals surface area contributed by atoms with Crippen molar-refractivity contribution >= 4 is 5.65 Å². The van der Waals surface area contributed by atoms with Gasteiger partial charge >= 0.3 is 5.69 Å². The van der Waals surface area contributed by atoms with Gasteiger partial charge in [-0.1, -0.05) is 0 Å². The molecule has 5 heteroatoms. The highest BCUT2D eigenvalue weighted by Gasteiger charge is 2.03. The van der Waals surface area contributed by atoms with Crippen molar-refractivity contribution in [2.45, 2.75) is 6.92 Å². The normalized spacial score (nSPS) is 10.8. The van der Waals surface area contributed by atoms with Gasteiger partial charge in [-0.25, -0.2) is 19.2 Å². The van der Waals surface area contributed by atoms with Gasteiger partial charge in [0.2, 0.25) is 0 Å². The monoisotopic (exact) mass is 164 g/mol. The number of nitrogens with zero attached hydrogens (tertiary/aromatic N) is 4. The third-order valence-electron chi connectivity index (χ3n) is 1.78. The Labute approximate surface area is 68.3 Å². The van der Waals surface area contributed by atoms with Crippen LogP contribution >= 0.6 is 0 Å². The first kappa shape index (κ1) is 7.02. The third-order valence-corrected chi connectivity index (χ3v) is 1.78. The van der Waals surface area contributed by atoms with E-state index in [9.17, 15) is 4.79 Å². The van der Waals surface area contributed by atoms with Crippen molar-refractivity contribution in [3.63, 3.8) is 0 Å². The largest absolute Gasteiger partial charge is 0.336 e. The van der Waals surface area contributed by atoms with Crippen LogP contribution < -0.4 is 5.69 Å². The molecule has 0 radical (unpaired) electrons. The van der Waals surface area contributed by atoms with Crippen molar-refractivity contribution < 1.29 is 0 Å². The molecular formula is C7H8N4O. The predicted molar refractivity (Wildman–Crippen MR) is 43.0 cm³/mol. The summed E-state index contributed by atoms with van der Waals surface area (Å²) in [6.07, 6.45) is 2.98. The average molecular weight is 164 g/mol. The van der Waals surface area contributed by atoms with Gasteiger partial charge < -0.3 is 0 Å². The summed E-state index contributed by atoms with van der Waals surface area (Å²) in [5, 5.41) is 0. The molecule has 0 fully saturated rings. The van der Waals surface area contributed by atoms with Crippen LogP contribution in [0.15, 0.2) is 17.4 Å². The van der Waals surface area contributed by atoms with E-state index in [1.807, 2.05) is 6.92 Å². The Hall–Kier alpha value is -1.65. The Bertz CT molecular complexity index is 482. The van der Waals surface area contributed by atoms with E-state index in [1.54, 1.807) is 7.05 Å². The van der Waals surface area contributed by atoms with Crippen LogP contribution in [0.1, 0.15) is 5.69 Å². The van der Waals surface area contributed by atoms with Crippen molar-refractivity contribution in [3.8, 4) is 0 Å². The van der Waals surface area contributed by atoms with Crippen LogP contribution in [0.25, 0.3) is 5.65 Å². The molecule has 0 N–H and O–H groups in total. The van der Waals surface area contributed by atoms with Crippen molar-refractivity contribution in [3.05, 3.63) is 28.8 Å². The molecule has 62 valence electrons. The van der Waals surface area contributed by atoms with Crippen LogP contribution in [0.4, 0.5) is 0 Å². The topological polar surface area (TPSA) is 52.2 Å². The van der Waals surface area contributed by atoms with E-state index < -0.39 is 0 Å². The maximum Gasteiger partial charge on any atom is 0.336 e. The molecule has 0 aliphatic carbocycles. The maximum atomic E-state index is 11.4. The second-order valence-electron chi connectivity index (χ2n) is 2.66. The minimum Gasteiger partial charge on any atom is -0.287 e. The van der Waals surface area contributed by atoms with Gasteiger partial charge in [0.05, 0.1) is 5.69 Å². The maximum absolute atomic E-state index is 11.4. The van der Waals surface area contributed by atoms with E-state index >= 15 is 0 Å². The van der Waals surface area contributed by atoms with E-state index in [2.05, 4.69) is 9.97 Å². The van der Waals surface area contributed by atoms with Crippen LogP contribution in [0.3, 0.4) is 0 Å². The molecule has 0 amide bonds. The second kappa shape index (κ2) is 2.17. The highest BCUT2D eigenvalue weighted by molar-refractivity contribution is 5.41. The molecule has 0 unspecified atom stereocenters. The number of aromatic nitrogens is 4. The fourth-order valence-corrected chi connectivity index (χ4v) is 1.09. The lowest BCUT2D eigenvalue weighted by Crippen LogP contribution is -2.23. The fourth-order valence-electron chi connectivity index (χ4n) is 1.09. The molecule has 0 aliphatic heterocycles. The average Bonchev–Trinajstić information content (AvgIpc) is 2.41. The summed E-state index contributed by atoms with van der Waals surface area (Å²) < 4.78 is 2.84. The molecule has 0 saturated heterocycles. The molecule has 2 aromatic rings. The van der Waals surface area contributed by atoms with Crippen LogP contribution in [0.5, 0.6) is 0 Å². The summed E-state index contributed by atoms with van der Waals surface area (Å²) in [6.45, 7) is 1.82. The molecule has 2 rings (SSSR count). The van der Waals surface area contributed by atoms with Gasteiger partial charge in [-0.3, -0.25) is 4.57 Å². The van der Waals surface area contributed by atoms with E-state index in [1.165, 1.54) is 21.6 Å². The lowest BCUT2D eigenvalue weighted by molar-refractivity contribution is 0.757. The minimum absolute atomic E-state index is 0.124. The molecule has 0 bridgehead atoms. The first-order valence-electron chi connectivity index (χ1n) is 3.55. The summed E-state index contributed by atoms with van der Waals surface area (Å²) in [4.78, 5) is 19.4. The Morgan fingerprint density at radius 2 is 2.08 bits per heavy atom. The molecule has 5 nitrogen and oxygen atoms in total. The van der Waals surface area contributed by atoms with Gasteiger partial charge in [0.25, 0.3) is 0 Å². The summed E-state index contributed by atoms with van der Waals surface area (Å²) in [5.41, 5.74) is 1.27. The Kier molecular flexibility index (Phi) is 1.27. The van der Waals surface area contributed by atoms with E-state index in [-0.39, 0.29) is 5.69 Å². The fraction of sp³-hybridized carbons (Fsp3) is 0.286. The van der Waals surface area contributed by atoms with Crippen LogP contribution in [0.2, 0.25) is 0 Å². The van der Waals surface area contributed by atoms with Crippen molar-refractivity contribution in [1.29, 1.82) is 0 Å². The van der Waals surface area contributed by atoms with E-state index in [0.717, 1.165) is 5.69 Å². The summed E-state index contributed by atoms with van der Waals surface area (Å²) in [6, 6.07) is 0. The van der Waals surface area contributed by atoms with Gasteiger partial charge in [0.1, 0.15) is 12.7 Å². The molecule has 0 saturated carbocycles. The second-order valence-corrected chi connectivity index (χ2v) is 2.66. The summed E-state index contributed by atoms with van der Waals surface area (Å²) >= 11 is 0. The van der Waals surface area contributed by atoms with E-state index in [0.29, 0.717) is 5.65 Å². The standard InChI is InChI=1S/C7H8N4O/c1-5-6-9-3-10(2)7(12)11(6)4-8-5/h3-4H,1-2H3. The van der Waals surface area contributed by atoms with Gasteiger partial charge in [-0.15, -0.1) is 0 Å². The number of aryl methyl sites for hydroxylation is 2. The third kappa shape index (κ3) is 0.761. The zero-order chi connectivity index (χ0) is 8.72. The van der Waals surface area contributed by atoms with Crippen LogP contribution in [0, 0.1) is 6.92 Å². The molecule has 0 aliphatic rings. The van der Waals surface area contributed by atoms with E-state index in [4.69, 9.17) is 0 Å². The SMILES string of the molecule is Cc1ncn2c(=O)n(C)cnc12. The predicted octanol–water partition coefficient (Wildman–Crippen LogP) is -0.264. The smallest absolute Gasteiger partial charge is 0.287 e. The zero-order valence-corrected chi connectivity index (χ0v) is 6.85. The molecule has 2 heterocycles. The molecular weight excluding hydrogens is 156 g/mol. The summed E-state index contributed by atoms with van der Waals surface area (Å²) in [7, 11) is 1.66. The summed E-state index contributed by atoms with van der Waals surface area (Å²) in [5.74, 6) is 0. The van der Waals surface area contributed by atoms with Crippen LogP contribution in [-0.4, -0.2) is 18.9 Å². The Morgan fingerprint density at radius 1 is 1.33 bits per heavy atom. The Balaban J connectivity index is 3.03. The highest BCUT2D eigenvalue weighted by atomic mass is 16.1. The first-order valence-corrected chi connectivity index (χ1v) is 3.55. The quantitative estimate of drug-likeness (QED) is 0.539. The Morgan fingerprint density at radius 3 is 2.83 bits per heavy atom. The molecule has 0 atom stereocenters.